The summed E-state index contributed by atoms with van der Waals surface area (Å²) in [6, 6.07) is 6.61. The van der Waals surface area contributed by atoms with Crippen molar-refractivity contribution in [3.05, 3.63) is 35.9 Å². The molecule has 1 aliphatic heterocycles. The molecule has 1 aromatic rings. The minimum Gasteiger partial charge on any atom is -0.339 e. The zero-order valence-electron chi connectivity index (χ0n) is 16.4. The van der Waals surface area contributed by atoms with Gasteiger partial charge in [0.2, 0.25) is 15.9 Å². The number of hydrogen-bond donors (Lipinski definition) is 0. The second-order valence-corrected chi connectivity index (χ2v) is 10.2. The number of amides is 1. The number of rotatable bonds is 4. The van der Waals surface area contributed by atoms with Gasteiger partial charge in [0.05, 0.1) is 4.90 Å². The molecule has 1 saturated carbocycles. The van der Waals surface area contributed by atoms with Gasteiger partial charge in [0.1, 0.15) is 0 Å². The molecule has 0 N–H and O–H groups in total. The summed E-state index contributed by atoms with van der Waals surface area (Å²) in [7, 11) is -0.398. The summed E-state index contributed by atoms with van der Waals surface area (Å²) in [6.45, 7) is 1.70. The lowest BCUT2D eigenvalue weighted by atomic mass is 9.68. The van der Waals surface area contributed by atoms with Crippen LogP contribution < -0.4 is 0 Å². The van der Waals surface area contributed by atoms with E-state index in [1.165, 1.54) is 50.5 Å². The highest BCUT2D eigenvalue weighted by molar-refractivity contribution is 7.89. The van der Waals surface area contributed by atoms with Crippen LogP contribution in [-0.2, 0) is 14.8 Å². The summed E-state index contributed by atoms with van der Waals surface area (Å²) in [5, 5.41) is 0. The minimum atomic E-state index is -3.42. The number of likely N-dealkylation sites (tertiary alicyclic amines) is 1. The Morgan fingerprint density at radius 1 is 1.00 bits per heavy atom. The van der Waals surface area contributed by atoms with E-state index in [9.17, 15) is 13.2 Å². The molecule has 1 spiro atoms. The molecule has 1 amide bonds. The first-order chi connectivity index (χ1) is 12.8. The van der Waals surface area contributed by atoms with Crippen LogP contribution >= 0.6 is 0 Å². The maximum atomic E-state index is 12.5. The van der Waals surface area contributed by atoms with E-state index in [0.717, 1.165) is 31.5 Å². The molecule has 5 nitrogen and oxygen atoms in total. The lowest BCUT2D eigenvalue weighted by molar-refractivity contribution is -0.128. The van der Waals surface area contributed by atoms with Crippen LogP contribution in [0.3, 0.4) is 0 Å². The molecule has 2 fully saturated rings. The number of nitrogens with zero attached hydrogens (tertiary/aromatic N) is 2. The van der Waals surface area contributed by atoms with Crippen molar-refractivity contribution in [3.8, 4) is 0 Å². The van der Waals surface area contributed by atoms with Gasteiger partial charge in [-0.3, -0.25) is 4.79 Å². The number of benzene rings is 1. The molecule has 0 atom stereocenters. The van der Waals surface area contributed by atoms with E-state index in [1.54, 1.807) is 36.4 Å². The number of piperidine rings is 1. The standard InChI is InChI=1S/C21H30N2O3S/c1-22(2)27(25,26)19-9-6-18(7-10-19)8-11-20(24)23-16-14-21(15-17-23)12-4-3-5-13-21/h6-11H,3-5,12-17H2,1-2H3/b11-8+. The monoisotopic (exact) mass is 390 g/mol. The van der Waals surface area contributed by atoms with Gasteiger partial charge in [-0.2, -0.15) is 0 Å². The average Bonchev–Trinajstić information content (AvgIpc) is 2.67. The highest BCUT2D eigenvalue weighted by Crippen LogP contribution is 2.44. The van der Waals surface area contributed by atoms with Crippen molar-refractivity contribution in [2.45, 2.75) is 49.8 Å². The molecule has 3 rings (SSSR count). The van der Waals surface area contributed by atoms with Crippen LogP contribution in [0.4, 0.5) is 0 Å². The summed E-state index contributed by atoms with van der Waals surface area (Å²) >= 11 is 0. The summed E-state index contributed by atoms with van der Waals surface area (Å²) in [4.78, 5) is 14.7. The largest absolute Gasteiger partial charge is 0.339 e. The molecule has 0 radical (unpaired) electrons. The first-order valence-electron chi connectivity index (χ1n) is 9.82. The summed E-state index contributed by atoms with van der Waals surface area (Å²) in [6.07, 6.45) is 12.3. The SMILES string of the molecule is CN(C)S(=O)(=O)c1ccc(/C=C/C(=O)N2CCC3(CCCCC3)CC2)cc1. The third kappa shape index (κ3) is 4.61. The van der Waals surface area contributed by atoms with Gasteiger partial charge in [-0.1, -0.05) is 31.4 Å². The molecule has 27 heavy (non-hydrogen) atoms. The zero-order valence-corrected chi connectivity index (χ0v) is 17.2. The van der Waals surface area contributed by atoms with Gasteiger partial charge in [0.15, 0.2) is 0 Å². The summed E-state index contributed by atoms with van der Waals surface area (Å²) in [5.74, 6) is 0.0469. The Bertz CT molecular complexity index is 781. The number of sulfonamides is 1. The van der Waals surface area contributed by atoms with Gasteiger partial charge in [-0.25, -0.2) is 12.7 Å². The van der Waals surface area contributed by atoms with E-state index >= 15 is 0 Å². The Morgan fingerprint density at radius 3 is 2.15 bits per heavy atom. The molecule has 0 bridgehead atoms. The fourth-order valence-electron chi connectivity index (χ4n) is 4.24. The quantitative estimate of drug-likeness (QED) is 0.739. The molecular weight excluding hydrogens is 360 g/mol. The van der Waals surface area contributed by atoms with Crippen molar-refractivity contribution in [1.82, 2.24) is 9.21 Å². The maximum absolute atomic E-state index is 12.5. The van der Waals surface area contributed by atoms with Crippen LogP contribution in [0.5, 0.6) is 0 Å². The molecule has 6 heteroatoms. The highest BCUT2D eigenvalue weighted by Gasteiger charge is 2.36. The zero-order chi connectivity index (χ0) is 19.5. The van der Waals surface area contributed by atoms with Gasteiger partial charge in [-0.05, 0) is 54.9 Å². The van der Waals surface area contributed by atoms with E-state index in [2.05, 4.69) is 0 Å². The smallest absolute Gasteiger partial charge is 0.246 e. The lowest BCUT2D eigenvalue weighted by Gasteiger charge is -2.44. The average molecular weight is 391 g/mol. The van der Waals surface area contributed by atoms with Gasteiger partial charge < -0.3 is 4.90 Å². The predicted octanol–water partition coefficient (Wildman–Crippen LogP) is 3.52. The molecule has 1 heterocycles. The summed E-state index contributed by atoms with van der Waals surface area (Å²) in [5.41, 5.74) is 1.31. The minimum absolute atomic E-state index is 0.0469. The van der Waals surface area contributed by atoms with Crippen molar-refractivity contribution in [1.29, 1.82) is 0 Å². The van der Waals surface area contributed by atoms with Crippen molar-refractivity contribution < 1.29 is 13.2 Å². The van der Waals surface area contributed by atoms with Crippen molar-refractivity contribution in [2.24, 2.45) is 5.41 Å². The number of carbonyl (C=O) groups excluding carboxylic acids is 1. The molecule has 2 aliphatic rings. The maximum Gasteiger partial charge on any atom is 0.246 e. The van der Waals surface area contributed by atoms with Crippen LogP contribution in [0.15, 0.2) is 35.2 Å². The Kier molecular flexibility index (Phi) is 6.06. The molecular formula is C21H30N2O3S. The first kappa shape index (κ1) is 20.1. The van der Waals surface area contributed by atoms with Crippen molar-refractivity contribution >= 4 is 22.0 Å². The Labute approximate surface area is 163 Å². The summed E-state index contributed by atoms with van der Waals surface area (Å²) < 4.78 is 25.4. The second kappa shape index (κ2) is 8.15. The van der Waals surface area contributed by atoms with Crippen LogP contribution in [0.2, 0.25) is 0 Å². The Balaban J connectivity index is 1.57. The van der Waals surface area contributed by atoms with Crippen LogP contribution in [0.1, 0.15) is 50.5 Å². The van der Waals surface area contributed by atoms with E-state index < -0.39 is 10.0 Å². The van der Waals surface area contributed by atoms with Crippen LogP contribution in [-0.4, -0.2) is 50.7 Å². The number of carbonyl (C=O) groups is 1. The molecule has 0 aromatic heterocycles. The van der Waals surface area contributed by atoms with Crippen molar-refractivity contribution in [3.63, 3.8) is 0 Å². The van der Waals surface area contributed by atoms with Gasteiger partial charge in [0, 0.05) is 33.3 Å². The van der Waals surface area contributed by atoms with Crippen LogP contribution in [0.25, 0.3) is 6.08 Å². The fourth-order valence-corrected chi connectivity index (χ4v) is 5.14. The third-order valence-corrected chi connectivity index (χ3v) is 7.96. The van der Waals surface area contributed by atoms with Crippen molar-refractivity contribution in [2.75, 3.05) is 27.2 Å². The third-order valence-electron chi connectivity index (χ3n) is 6.13. The molecule has 1 aliphatic carbocycles. The molecule has 1 saturated heterocycles. The highest BCUT2D eigenvalue weighted by atomic mass is 32.2. The van der Waals surface area contributed by atoms with E-state index in [1.807, 2.05) is 4.90 Å². The topological polar surface area (TPSA) is 57.7 Å². The fraction of sp³-hybridized carbons (Fsp3) is 0.571. The molecule has 148 valence electrons. The normalized spacial score (nSPS) is 20.5. The lowest BCUT2D eigenvalue weighted by Crippen LogP contribution is -2.43. The van der Waals surface area contributed by atoms with E-state index in [-0.39, 0.29) is 10.8 Å². The Morgan fingerprint density at radius 2 is 1.59 bits per heavy atom. The van der Waals surface area contributed by atoms with Gasteiger partial charge >= 0.3 is 0 Å². The second-order valence-electron chi connectivity index (χ2n) is 8.08. The number of hydrogen-bond acceptors (Lipinski definition) is 3. The van der Waals surface area contributed by atoms with E-state index in [0.29, 0.717) is 5.41 Å². The van der Waals surface area contributed by atoms with Gasteiger partial charge in [-0.15, -0.1) is 0 Å². The molecule has 1 aromatic carbocycles. The van der Waals surface area contributed by atoms with Gasteiger partial charge in [0.25, 0.3) is 0 Å². The van der Waals surface area contributed by atoms with Crippen LogP contribution in [0, 0.1) is 5.41 Å². The predicted molar refractivity (Wildman–Crippen MR) is 108 cm³/mol. The molecule has 0 unspecified atom stereocenters. The van der Waals surface area contributed by atoms with E-state index in [4.69, 9.17) is 0 Å². The first-order valence-corrected chi connectivity index (χ1v) is 11.3. The Hall–Kier alpha value is -1.66.